The summed E-state index contributed by atoms with van der Waals surface area (Å²) in [4.78, 5) is 0.280. The molecule has 0 unspecified atom stereocenters. The second kappa shape index (κ2) is 4.31. The molecule has 0 atom stereocenters. The predicted molar refractivity (Wildman–Crippen MR) is 66.8 cm³/mol. The van der Waals surface area contributed by atoms with Crippen LogP contribution >= 0.6 is 0 Å². The van der Waals surface area contributed by atoms with Crippen LogP contribution in [0.1, 0.15) is 19.3 Å². The second-order valence-corrected chi connectivity index (χ2v) is 6.68. The molecule has 4 nitrogen and oxygen atoms in total. The van der Waals surface area contributed by atoms with Crippen molar-refractivity contribution in [1.29, 1.82) is 0 Å². The Kier molecular flexibility index (Phi) is 3.14. The van der Waals surface area contributed by atoms with Gasteiger partial charge in [-0.15, -0.1) is 0 Å². The summed E-state index contributed by atoms with van der Waals surface area (Å²) < 4.78 is 23.1. The molecule has 0 spiro atoms. The van der Waals surface area contributed by atoms with Gasteiger partial charge in [0, 0.05) is 12.8 Å². The van der Waals surface area contributed by atoms with Crippen molar-refractivity contribution in [2.24, 2.45) is 0 Å². The number of hydrogen-bond acceptors (Lipinski definition) is 4. The van der Waals surface area contributed by atoms with Gasteiger partial charge in [-0.25, -0.2) is 8.42 Å². The fraction of sp³-hybridized carbons (Fsp3) is 0.500. The Morgan fingerprint density at radius 3 is 2.53 bits per heavy atom. The van der Waals surface area contributed by atoms with Crippen LogP contribution in [0.4, 0.5) is 5.69 Å². The zero-order valence-electron chi connectivity index (χ0n) is 9.81. The van der Waals surface area contributed by atoms with Gasteiger partial charge in [0.15, 0.2) is 9.84 Å². The maximum absolute atomic E-state index is 11.6. The predicted octanol–water partition coefficient (Wildman–Crippen LogP) is 1.42. The lowest BCUT2D eigenvalue weighted by Crippen LogP contribution is -2.43. The number of benzene rings is 1. The van der Waals surface area contributed by atoms with Crippen LogP contribution in [0.25, 0.3) is 0 Å². The van der Waals surface area contributed by atoms with Gasteiger partial charge < -0.3 is 10.4 Å². The Morgan fingerprint density at radius 2 is 2.00 bits per heavy atom. The fourth-order valence-corrected chi connectivity index (χ4v) is 2.82. The van der Waals surface area contributed by atoms with E-state index in [1.165, 1.54) is 6.26 Å². The monoisotopic (exact) mass is 255 g/mol. The molecule has 5 heteroatoms. The first-order valence-electron chi connectivity index (χ1n) is 5.66. The van der Waals surface area contributed by atoms with Gasteiger partial charge in [-0.3, -0.25) is 0 Å². The SMILES string of the molecule is CS(=O)(=O)c1ccccc1NCC1(O)CCC1. The highest BCUT2D eigenvalue weighted by Gasteiger charge is 2.34. The quantitative estimate of drug-likeness (QED) is 0.854. The van der Waals surface area contributed by atoms with Crippen molar-refractivity contribution < 1.29 is 13.5 Å². The van der Waals surface area contributed by atoms with Crippen LogP contribution in [-0.4, -0.2) is 31.9 Å². The van der Waals surface area contributed by atoms with Crippen molar-refractivity contribution in [2.75, 3.05) is 18.1 Å². The highest BCUT2D eigenvalue weighted by molar-refractivity contribution is 7.90. The lowest BCUT2D eigenvalue weighted by Gasteiger charge is -2.37. The fourth-order valence-electron chi connectivity index (χ4n) is 1.96. The molecule has 1 aliphatic rings. The van der Waals surface area contributed by atoms with Crippen LogP contribution in [0.5, 0.6) is 0 Å². The minimum Gasteiger partial charge on any atom is -0.388 e. The molecule has 0 amide bonds. The molecule has 0 aliphatic heterocycles. The van der Waals surface area contributed by atoms with Crippen LogP contribution in [0.15, 0.2) is 29.2 Å². The topological polar surface area (TPSA) is 66.4 Å². The first-order chi connectivity index (χ1) is 7.91. The minimum atomic E-state index is -3.23. The molecule has 0 saturated heterocycles. The lowest BCUT2D eigenvalue weighted by atomic mass is 9.80. The molecule has 0 bridgehead atoms. The van der Waals surface area contributed by atoms with E-state index >= 15 is 0 Å². The van der Waals surface area contributed by atoms with Gasteiger partial charge in [-0.05, 0) is 31.4 Å². The first-order valence-corrected chi connectivity index (χ1v) is 7.55. The molecule has 0 aromatic heterocycles. The highest BCUT2D eigenvalue weighted by Crippen LogP contribution is 2.32. The van der Waals surface area contributed by atoms with E-state index in [-0.39, 0.29) is 4.90 Å². The number of aliphatic hydroxyl groups is 1. The highest BCUT2D eigenvalue weighted by atomic mass is 32.2. The molecule has 94 valence electrons. The van der Waals surface area contributed by atoms with Gasteiger partial charge in [0.1, 0.15) is 0 Å². The van der Waals surface area contributed by atoms with E-state index in [1.807, 2.05) is 0 Å². The zero-order valence-corrected chi connectivity index (χ0v) is 10.6. The van der Waals surface area contributed by atoms with Crippen LogP contribution in [0, 0.1) is 0 Å². The summed E-state index contributed by atoms with van der Waals surface area (Å²) in [5.74, 6) is 0. The van der Waals surface area contributed by atoms with Gasteiger partial charge in [0.05, 0.1) is 16.2 Å². The summed E-state index contributed by atoms with van der Waals surface area (Å²) in [6.07, 6.45) is 3.78. The number of para-hydroxylation sites is 1. The molecule has 0 heterocycles. The van der Waals surface area contributed by atoms with Gasteiger partial charge in [0.2, 0.25) is 0 Å². The van der Waals surface area contributed by atoms with Gasteiger partial charge in [-0.2, -0.15) is 0 Å². The maximum Gasteiger partial charge on any atom is 0.177 e. The van der Waals surface area contributed by atoms with E-state index in [2.05, 4.69) is 5.32 Å². The van der Waals surface area contributed by atoms with E-state index in [4.69, 9.17) is 0 Å². The first kappa shape index (κ1) is 12.4. The number of sulfone groups is 1. The Morgan fingerprint density at radius 1 is 1.35 bits per heavy atom. The summed E-state index contributed by atoms with van der Waals surface area (Å²) in [5, 5.41) is 13.0. The van der Waals surface area contributed by atoms with E-state index in [0.717, 1.165) is 19.3 Å². The molecule has 2 N–H and O–H groups in total. The maximum atomic E-state index is 11.6. The van der Waals surface area contributed by atoms with Crippen molar-refractivity contribution in [1.82, 2.24) is 0 Å². The summed E-state index contributed by atoms with van der Waals surface area (Å²) in [5.41, 5.74) is -0.0970. The molecule has 1 aromatic carbocycles. The van der Waals surface area contributed by atoms with Gasteiger partial charge >= 0.3 is 0 Å². The third-order valence-electron chi connectivity index (χ3n) is 3.18. The summed E-state index contributed by atoms with van der Waals surface area (Å²) in [6, 6.07) is 6.77. The van der Waals surface area contributed by atoms with Crippen molar-refractivity contribution in [2.45, 2.75) is 29.8 Å². The van der Waals surface area contributed by atoms with Crippen molar-refractivity contribution in [3.8, 4) is 0 Å². The van der Waals surface area contributed by atoms with Crippen LogP contribution in [0.3, 0.4) is 0 Å². The normalized spacial score (nSPS) is 18.5. The van der Waals surface area contributed by atoms with Crippen LogP contribution in [-0.2, 0) is 9.84 Å². The Hall–Kier alpha value is -1.07. The van der Waals surface area contributed by atoms with Gasteiger partial charge in [0.25, 0.3) is 0 Å². The number of hydrogen-bond donors (Lipinski definition) is 2. The molecule has 1 aliphatic carbocycles. The molecule has 17 heavy (non-hydrogen) atoms. The van der Waals surface area contributed by atoms with Crippen LogP contribution in [0.2, 0.25) is 0 Å². The summed E-state index contributed by atoms with van der Waals surface area (Å²) in [7, 11) is -3.23. The molecular formula is C12H17NO3S. The molecule has 1 fully saturated rings. The number of nitrogens with one attached hydrogen (secondary N) is 1. The van der Waals surface area contributed by atoms with Crippen molar-refractivity contribution in [3.63, 3.8) is 0 Å². The third kappa shape index (κ3) is 2.79. The second-order valence-electron chi connectivity index (χ2n) is 4.70. The average molecular weight is 255 g/mol. The molecular weight excluding hydrogens is 238 g/mol. The van der Waals surface area contributed by atoms with Gasteiger partial charge in [-0.1, -0.05) is 12.1 Å². The summed E-state index contributed by atoms with van der Waals surface area (Å²) in [6.45, 7) is 0.402. The van der Waals surface area contributed by atoms with Crippen molar-refractivity contribution in [3.05, 3.63) is 24.3 Å². The Balaban J connectivity index is 2.16. The zero-order chi connectivity index (χ0) is 12.5. The standard InChI is InChI=1S/C12H17NO3S/c1-17(15,16)11-6-3-2-5-10(11)13-9-12(14)7-4-8-12/h2-3,5-6,13-14H,4,7-9H2,1H3. The third-order valence-corrected chi connectivity index (χ3v) is 4.33. The van der Waals surface area contributed by atoms with Crippen LogP contribution < -0.4 is 5.32 Å². The van der Waals surface area contributed by atoms with Crippen molar-refractivity contribution >= 4 is 15.5 Å². The molecule has 1 aromatic rings. The lowest BCUT2D eigenvalue weighted by molar-refractivity contribution is -0.0202. The number of rotatable bonds is 4. The minimum absolute atomic E-state index is 0.280. The molecule has 0 radical (unpaired) electrons. The average Bonchev–Trinajstić information content (AvgIpc) is 2.23. The van der Waals surface area contributed by atoms with E-state index < -0.39 is 15.4 Å². The van der Waals surface area contributed by atoms with E-state index in [0.29, 0.717) is 12.2 Å². The molecule has 1 saturated carbocycles. The van der Waals surface area contributed by atoms with E-state index in [9.17, 15) is 13.5 Å². The smallest absolute Gasteiger partial charge is 0.177 e. The number of anilines is 1. The summed E-state index contributed by atoms with van der Waals surface area (Å²) >= 11 is 0. The largest absolute Gasteiger partial charge is 0.388 e. The Labute approximate surface area is 102 Å². The molecule has 2 rings (SSSR count). The Bertz CT molecular complexity index is 506. The van der Waals surface area contributed by atoms with E-state index in [1.54, 1.807) is 24.3 Å².